The van der Waals surface area contributed by atoms with Gasteiger partial charge in [0, 0.05) is 41.5 Å². The molecular weight excluding hydrogens is 436 g/mol. The molecule has 174 valence electrons. The Morgan fingerprint density at radius 3 is 2.27 bits per heavy atom. The molecule has 0 aliphatic heterocycles. The predicted molar refractivity (Wildman–Crippen MR) is 136 cm³/mol. The van der Waals surface area contributed by atoms with Gasteiger partial charge >= 0.3 is 0 Å². The Kier molecular flexibility index (Phi) is 8.75. The van der Waals surface area contributed by atoms with E-state index in [1.165, 1.54) is 0 Å². The number of nitrogens with zero attached hydrogens (tertiary/aromatic N) is 2. The highest BCUT2D eigenvalue weighted by atomic mass is 35.5. The summed E-state index contributed by atoms with van der Waals surface area (Å²) >= 11 is 6.30. The molecule has 0 aromatic heterocycles. The van der Waals surface area contributed by atoms with Gasteiger partial charge in [0.1, 0.15) is 6.61 Å². The smallest absolute Gasteiger partial charge is 0.258 e. The Bertz CT molecular complexity index is 1070. The number of amides is 1. The van der Waals surface area contributed by atoms with Crippen molar-refractivity contribution in [2.45, 2.75) is 13.8 Å². The van der Waals surface area contributed by atoms with Gasteiger partial charge in [-0.2, -0.15) is 0 Å². The maximum absolute atomic E-state index is 13.1. The minimum atomic E-state index is -0.113. The van der Waals surface area contributed by atoms with Crippen LogP contribution in [0.4, 0.5) is 5.69 Å². The number of halogens is 1. The number of carbonyl (C=O) groups is 1. The van der Waals surface area contributed by atoms with E-state index >= 15 is 0 Å². The first kappa shape index (κ1) is 24.6. The molecule has 0 spiro atoms. The molecule has 0 unspecified atom stereocenters. The Balaban J connectivity index is 1.71. The maximum atomic E-state index is 13.1. The second-order valence-electron chi connectivity index (χ2n) is 7.63. The minimum absolute atomic E-state index is 0.113. The summed E-state index contributed by atoms with van der Waals surface area (Å²) in [6, 6.07) is 20.7. The lowest BCUT2D eigenvalue weighted by molar-refractivity contribution is 0.0993. The molecule has 3 rings (SSSR count). The van der Waals surface area contributed by atoms with Crippen LogP contribution in [0, 0.1) is 0 Å². The van der Waals surface area contributed by atoms with Crippen molar-refractivity contribution in [3.8, 4) is 22.6 Å². The van der Waals surface area contributed by atoms with E-state index in [2.05, 4.69) is 18.7 Å². The zero-order chi connectivity index (χ0) is 23.8. The maximum Gasteiger partial charge on any atom is 0.258 e. The Morgan fingerprint density at radius 1 is 0.939 bits per heavy atom. The Morgan fingerprint density at radius 2 is 1.64 bits per heavy atom. The third kappa shape index (κ3) is 6.06. The van der Waals surface area contributed by atoms with Gasteiger partial charge in [0.05, 0.1) is 7.11 Å². The van der Waals surface area contributed by atoms with E-state index in [1.807, 2.05) is 66.7 Å². The van der Waals surface area contributed by atoms with Crippen LogP contribution in [0.2, 0.25) is 5.02 Å². The molecule has 0 bridgehead atoms. The third-order valence-corrected chi connectivity index (χ3v) is 6.04. The first-order valence-electron chi connectivity index (χ1n) is 11.1. The molecule has 1 amide bonds. The van der Waals surface area contributed by atoms with Crippen LogP contribution in [-0.2, 0) is 0 Å². The quantitative estimate of drug-likeness (QED) is 0.366. The van der Waals surface area contributed by atoms with Gasteiger partial charge in [0.15, 0.2) is 11.5 Å². The molecule has 33 heavy (non-hydrogen) atoms. The van der Waals surface area contributed by atoms with Crippen molar-refractivity contribution < 1.29 is 14.3 Å². The van der Waals surface area contributed by atoms with Crippen molar-refractivity contribution in [3.63, 3.8) is 0 Å². The highest BCUT2D eigenvalue weighted by molar-refractivity contribution is 6.33. The lowest BCUT2D eigenvalue weighted by atomic mass is 10.0. The fraction of sp³-hybridized carbons (Fsp3) is 0.296. The van der Waals surface area contributed by atoms with Gasteiger partial charge in [-0.15, -0.1) is 0 Å². The monoisotopic (exact) mass is 466 g/mol. The minimum Gasteiger partial charge on any atom is -0.493 e. The first-order valence-corrected chi connectivity index (χ1v) is 11.5. The summed E-state index contributed by atoms with van der Waals surface area (Å²) in [5.74, 6) is 1.15. The lowest BCUT2D eigenvalue weighted by Gasteiger charge is -2.21. The topological polar surface area (TPSA) is 42.0 Å². The van der Waals surface area contributed by atoms with Gasteiger partial charge in [-0.3, -0.25) is 4.79 Å². The normalized spacial score (nSPS) is 10.8. The molecule has 3 aromatic carbocycles. The molecule has 0 saturated carbocycles. The molecule has 0 N–H and O–H groups in total. The highest BCUT2D eigenvalue weighted by Crippen LogP contribution is 2.32. The number of carbonyl (C=O) groups excluding carboxylic acids is 1. The summed E-state index contributed by atoms with van der Waals surface area (Å²) in [7, 11) is 3.35. The molecule has 0 radical (unpaired) electrons. The summed E-state index contributed by atoms with van der Waals surface area (Å²) in [6.07, 6.45) is 0. The van der Waals surface area contributed by atoms with E-state index < -0.39 is 0 Å². The van der Waals surface area contributed by atoms with E-state index in [0.29, 0.717) is 28.7 Å². The molecule has 0 aliphatic rings. The van der Waals surface area contributed by atoms with Gasteiger partial charge in [-0.25, -0.2) is 0 Å². The molecule has 0 aliphatic carbocycles. The predicted octanol–water partition coefficient (Wildman–Crippen LogP) is 6.01. The van der Waals surface area contributed by atoms with Crippen molar-refractivity contribution in [1.29, 1.82) is 0 Å². The van der Waals surface area contributed by atoms with Gasteiger partial charge in [0.25, 0.3) is 5.91 Å². The van der Waals surface area contributed by atoms with Gasteiger partial charge in [-0.05, 0) is 49.0 Å². The molecule has 6 heteroatoms. The van der Waals surface area contributed by atoms with Crippen LogP contribution < -0.4 is 14.4 Å². The van der Waals surface area contributed by atoms with Crippen LogP contribution in [-0.4, -0.2) is 51.2 Å². The molecule has 5 nitrogen and oxygen atoms in total. The van der Waals surface area contributed by atoms with Gasteiger partial charge < -0.3 is 19.3 Å². The Labute approximate surface area is 201 Å². The molecule has 3 aromatic rings. The molecule has 0 heterocycles. The zero-order valence-electron chi connectivity index (χ0n) is 19.7. The summed E-state index contributed by atoms with van der Waals surface area (Å²) in [5.41, 5.74) is 3.22. The average molecular weight is 467 g/mol. The van der Waals surface area contributed by atoms with Crippen LogP contribution >= 0.6 is 11.6 Å². The van der Waals surface area contributed by atoms with Crippen molar-refractivity contribution in [3.05, 3.63) is 77.3 Å². The van der Waals surface area contributed by atoms with Crippen LogP contribution in [0.3, 0.4) is 0 Å². The molecule has 0 atom stereocenters. The second-order valence-corrected chi connectivity index (χ2v) is 8.04. The number of rotatable bonds is 10. The summed E-state index contributed by atoms with van der Waals surface area (Å²) in [5, 5.41) is 0.681. The van der Waals surface area contributed by atoms with E-state index in [9.17, 15) is 4.79 Å². The van der Waals surface area contributed by atoms with Crippen LogP contribution in [0.25, 0.3) is 11.1 Å². The average Bonchev–Trinajstić information content (AvgIpc) is 2.86. The summed E-state index contributed by atoms with van der Waals surface area (Å²) < 4.78 is 11.4. The van der Waals surface area contributed by atoms with Crippen molar-refractivity contribution in [2.24, 2.45) is 0 Å². The van der Waals surface area contributed by atoms with Crippen molar-refractivity contribution in [2.75, 3.05) is 45.3 Å². The second kappa shape index (κ2) is 11.7. The largest absolute Gasteiger partial charge is 0.493 e. The van der Waals surface area contributed by atoms with Crippen LogP contribution in [0.1, 0.15) is 24.2 Å². The number of hydrogen-bond acceptors (Lipinski definition) is 4. The third-order valence-electron chi connectivity index (χ3n) is 5.72. The highest BCUT2D eigenvalue weighted by Gasteiger charge is 2.16. The fourth-order valence-electron chi connectivity index (χ4n) is 3.61. The molecule has 0 saturated heterocycles. The zero-order valence-corrected chi connectivity index (χ0v) is 20.4. The number of methoxy groups -OCH3 is 1. The van der Waals surface area contributed by atoms with Gasteiger partial charge in [0.2, 0.25) is 0 Å². The van der Waals surface area contributed by atoms with Crippen LogP contribution in [0.15, 0.2) is 66.7 Å². The van der Waals surface area contributed by atoms with E-state index in [-0.39, 0.29) is 5.91 Å². The standard InChI is InChI=1S/C27H31ClN2O3/c1-5-30(6-2)17-18-33-25-16-15-22(19-26(25)32-4)29(3)27(31)21-13-11-20(12-14-21)23-9-7-8-10-24(23)28/h7-16,19H,5-6,17-18H2,1-4H3. The number of benzene rings is 3. The van der Waals surface area contributed by atoms with E-state index in [1.54, 1.807) is 19.1 Å². The molecule has 0 fully saturated rings. The summed E-state index contributed by atoms with van der Waals surface area (Å²) in [4.78, 5) is 17.0. The Hall–Kier alpha value is -3.02. The van der Waals surface area contributed by atoms with E-state index in [0.717, 1.165) is 36.4 Å². The molecular formula is C27H31ClN2O3. The number of likely N-dealkylation sites (N-methyl/N-ethyl adjacent to an activating group) is 1. The summed E-state index contributed by atoms with van der Waals surface area (Å²) in [6.45, 7) is 7.67. The van der Waals surface area contributed by atoms with Crippen molar-refractivity contribution >= 4 is 23.2 Å². The number of anilines is 1. The van der Waals surface area contributed by atoms with Crippen molar-refractivity contribution in [1.82, 2.24) is 4.90 Å². The first-order chi connectivity index (χ1) is 16.0. The SMILES string of the molecule is CCN(CC)CCOc1ccc(N(C)C(=O)c2ccc(-c3ccccc3Cl)cc2)cc1OC. The fourth-order valence-corrected chi connectivity index (χ4v) is 3.85. The van der Waals surface area contributed by atoms with Gasteiger partial charge in [-0.1, -0.05) is 55.8 Å². The van der Waals surface area contributed by atoms with E-state index in [4.69, 9.17) is 21.1 Å². The number of hydrogen-bond donors (Lipinski definition) is 0. The lowest BCUT2D eigenvalue weighted by Crippen LogP contribution is -2.28. The number of ether oxygens (including phenoxy) is 2. The van der Waals surface area contributed by atoms with Crippen LogP contribution in [0.5, 0.6) is 11.5 Å².